The standard InChI is InChI=1S/C55H92O12/c1-4-7-10-13-16-19-22-24-27-29-32-35-38-41-47(56)63-44-46(65-48(57)42-39-36-33-31-28-25-23-20-17-14-11-8-5-2)45-64-55-53(51(60)50(59)52(67-55)54(61)62)66-49(58)43-40-37-34-30-26-21-18-15-12-9-6-3/h7,10,15-16,18-20,23-24,27,46,50-53,55,59-60H,4-6,8-9,11-14,17,21-22,25-26,28-45H2,1-3H3,(H,61,62)/b10-7-,18-15-,19-16-,23-20-,27-24-. The molecule has 67 heavy (non-hydrogen) atoms. The average Bonchev–Trinajstić information content (AvgIpc) is 3.31. The van der Waals surface area contributed by atoms with E-state index in [1.807, 2.05) is 0 Å². The summed E-state index contributed by atoms with van der Waals surface area (Å²) in [5.41, 5.74) is 0. The van der Waals surface area contributed by atoms with Gasteiger partial charge < -0.3 is 39.0 Å². The van der Waals surface area contributed by atoms with Crippen LogP contribution in [0.15, 0.2) is 60.8 Å². The first kappa shape index (κ1) is 61.4. The van der Waals surface area contributed by atoms with Gasteiger partial charge in [0.25, 0.3) is 0 Å². The molecule has 1 heterocycles. The summed E-state index contributed by atoms with van der Waals surface area (Å²) in [5, 5.41) is 31.3. The van der Waals surface area contributed by atoms with Crippen LogP contribution < -0.4 is 0 Å². The summed E-state index contributed by atoms with van der Waals surface area (Å²) in [5.74, 6) is -3.18. The van der Waals surface area contributed by atoms with Gasteiger partial charge in [-0.1, -0.05) is 159 Å². The van der Waals surface area contributed by atoms with Crippen molar-refractivity contribution in [3.63, 3.8) is 0 Å². The zero-order valence-corrected chi connectivity index (χ0v) is 41.9. The largest absolute Gasteiger partial charge is 0.479 e. The van der Waals surface area contributed by atoms with Crippen molar-refractivity contribution in [3.05, 3.63) is 60.8 Å². The molecule has 0 aliphatic carbocycles. The van der Waals surface area contributed by atoms with Gasteiger partial charge >= 0.3 is 23.9 Å². The van der Waals surface area contributed by atoms with Gasteiger partial charge in [0.1, 0.15) is 18.8 Å². The van der Waals surface area contributed by atoms with E-state index in [1.54, 1.807) is 0 Å². The minimum absolute atomic E-state index is 0.0451. The number of carboxylic acids is 1. The SMILES string of the molecule is CC/C=C\C/C=C\C/C=C\CCCCCC(=O)OCC(COC1OC(C(=O)O)C(O)C(O)C1OC(=O)CCCCCCC/C=C\CCCC)OC(=O)CCCCCCC/C=C\CCCCCC. The van der Waals surface area contributed by atoms with Crippen molar-refractivity contribution in [2.75, 3.05) is 13.2 Å². The highest BCUT2D eigenvalue weighted by molar-refractivity contribution is 5.74. The lowest BCUT2D eigenvalue weighted by Gasteiger charge is -2.40. The maximum Gasteiger partial charge on any atom is 0.335 e. The summed E-state index contributed by atoms with van der Waals surface area (Å²) in [6.07, 6.45) is 39.3. The summed E-state index contributed by atoms with van der Waals surface area (Å²) in [4.78, 5) is 50.8. The predicted molar refractivity (Wildman–Crippen MR) is 266 cm³/mol. The Morgan fingerprint density at radius 2 is 0.955 bits per heavy atom. The molecule has 6 unspecified atom stereocenters. The fourth-order valence-electron chi connectivity index (χ4n) is 7.47. The van der Waals surface area contributed by atoms with E-state index in [0.717, 1.165) is 116 Å². The van der Waals surface area contributed by atoms with Crippen LogP contribution in [0.4, 0.5) is 0 Å². The van der Waals surface area contributed by atoms with Gasteiger partial charge in [-0.05, 0) is 96.3 Å². The van der Waals surface area contributed by atoms with Crippen molar-refractivity contribution < 1.29 is 58.2 Å². The van der Waals surface area contributed by atoms with Crippen molar-refractivity contribution in [3.8, 4) is 0 Å². The third-order valence-corrected chi connectivity index (χ3v) is 11.5. The third-order valence-electron chi connectivity index (χ3n) is 11.5. The van der Waals surface area contributed by atoms with Gasteiger partial charge in [0.15, 0.2) is 24.6 Å². The molecule has 0 bridgehead atoms. The molecule has 0 amide bonds. The van der Waals surface area contributed by atoms with E-state index in [-0.39, 0.29) is 25.9 Å². The summed E-state index contributed by atoms with van der Waals surface area (Å²) >= 11 is 0. The number of unbranched alkanes of at least 4 members (excludes halogenated alkanes) is 19. The summed E-state index contributed by atoms with van der Waals surface area (Å²) in [6, 6.07) is 0. The fourth-order valence-corrected chi connectivity index (χ4v) is 7.47. The predicted octanol–water partition coefficient (Wildman–Crippen LogP) is 12.4. The molecule has 1 aliphatic heterocycles. The quantitative estimate of drug-likeness (QED) is 0.0229. The van der Waals surface area contributed by atoms with Crippen LogP contribution in [0, 0.1) is 0 Å². The van der Waals surface area contributed by atoms with E-state index in [2.05, 4.69) is 81.5 Å². The normalized spacial score (nSPS) is 19.3. The monoisotopic (exact) mass is 945 g/mol. The van der Waals surface area contributed by atoms with Crippen LogP contribution in [0.1, 0.15) is 213 Å². The molecule has 1 fully saturated rings. The Morgan fingerprint density at radius 1 is 0.507 bits per heavy atom. The first-order valence-corrected chi connectivity index (χ1v) is 26.3. The molecule has 0 aromatic rings. The molecular weight excluding hydrogens is 853 g/mol. The lowest BCUT2D eigenvalue weighted by molar-refractivity contribution is -0.301. The van der Waals surface area contributed by atoms with Crippen LogP contribution >= 0.6 is 0 Å². The third kappa shape index (κ3) is 34.4. The second-order valence-electron chi connectivity index (χ2n) is 17.8. The Hall–Kier alpha value is -3.58. The zero-order valence-electron chi connectivity index (χ0n) is 41.9. The van der Waals surface area contributed by atoms with E-state index in [0.29, 0.717) is 19.3 Å². The number of allylic oxidation sites excluding steroid dienone is 10. The molecular formula is C55H92O12. The second kappa shape index (κ2) is 43.7. The molecule has 1 aliphatic rings. The Balaban J connectivity index is 2.77. The van der Waals surface area contributed by atoms with E-state index < -0.39 is 67.3 Å². The maximum atomic E-state index is 13.1. The minimum Gasteiger partial charge on any atom is -0.479 e. The average molecular weight is 945 g/mol. The number of esters is 3. The van der Waals surface area contributed by atoms with Crippen molar-refractivity contribution in [2.24, 2.45) is 0 Å². The molecule has 0 aromatic carbocycles. The molecule has 3 N–H and O–H groups in total. The topological polar surface area (TPSA) is 175 Å². The van der Waals surface area contributed by atoms with Crippen LogP contribution in [0.25, 0.3) is 0 Å². The maximum absolute atomic E-state index is 13.1. The van der Waals surface area contributed by atoms with E-state index in [4.69, 9.17) is 23.7 Å². The highest BCUT2D eigenvalue weighted by atomic mass is 16.7. The molecule has 1 saturated heterocycles. The van der Waals surface area contributed by atoms with Crippen LogP contribution in [0.5, 0.6) is 0 Å². The number of aliphatic hydroxyl groups is 2. The number of aliphatic carboxylic acids is 1. The molecule has 12 heteroatoms. The molecule has 384 valence electrons. The number of hydrogen-bond acceptors (Lipinski definition) is 11. The first-order valence-electron chi connectivity index (χ1n) is 26.3. The Morgan fingerprint density at radius 3 is 1.51 bits per heavy atom. The van der Waals surface area contributed by atoms with Crippen LogP contribution in [-0.2, 0) is 42.9 Å². The van der Waals surface area contributed by atoms with Crippen molar-refractivity contribution in [2.45, 2.75) is 250 Å². The molecule has 6 atom stereocenters. The minimum atomic E-state index is -1.91. The van der Waals surface area contributed by atoms with Gasteiger partial charge in [-0.2, -0.15) is 0 Å². The Bertz CT molecular complexity index is 1400. The number of carbonyl (C=O) groups excluding carboxylic acids is 3. The number of rotatable bonds is 43. The summed E-state index contributed by atoms with van der Waals surface area (Å²) in [6.45, 7) is 5.75. The zero-order chi connectivity index (χ0) is 49.0. The van der Waals surface area contributed by atoms with E-state index >= 15 is 0 Å². The molecule has 12 nitrogen and oxygen atoms in total. The molecule has 0 saturated carbocycles. The van der Waals surface area contributed by atoms with Crippen LogP contribution in [-0.4, -0.2) is 89.2 Å². The second-order valence-corrected chi connectivity index (χ2v) is 17.8. The molecule has 0 aromatic heterocycles. The number of aliphatic hydroxyl groups excluding tert-OH is 2. The van der Waals surface area contributed by atoms with Gasteiger partial charge in [0, 0.05) is 19.3 Å². The summed E-state index contributed by atoms with van der Waals surface area (Å²) < 4.78 is 28.2. The van der Waals surface area contributed by atoms with Gasteiger partial charge in [-0.3, -0.25) is 14.4 Å². The van der Waals surface area contributed by atoms with E-state index in [1.165, 1.54) is 38.5 Å². The lowest BCUT2D eigenvalue weighted by atomic mass is 9.98. The van der Waals surface area contributed by atoms with Crippen molar-refractivity contribution >= 4 is 23.9 Å². The number of ether oxygens (including phenoxy) is 5. The molecule has 0 spiro atoms. The van der Waals surface area contributed by atoms with Crippen molar-refractivity contribution in [1.82, 2.24) is 0 Å². The van der Waals surface area contributed by atoms with Gasteiger partial charge in [-0.15, -0.1) is 0 Å². The first-order chi connectivity index (χ1) is 32.6. The highest BCUT2D eigenvalue weighted by Gasteiger charge is 2.50. The fraction of sp³-hybridized carbons (Fsp3) is 0.745. The Labute approximate surface area is 405 Å². The highest BCUT2D eigenvalue weighted by Crippen LogP contribution is 2.26. The van der Waals surface area contributed by atoms with Crippen LogP contribution in [0.3, 0.4) is 0 Å². The number of carbonyl (C=O) groups is 4. The lowest BCUT2D eigenvalue weighted by Crippen LogP contribution is -2.61. The van der Waals surface area contributed by atoms with Crippen molar-refractivity contribution in [1.29, 1.82) is 0 Å². The van der Waals surface area contributed by atoms with Crippen LogP contribution in [0.2, 0.25) is 0 Å². The van der Waals surface area contributed by atoms with E-state index in [9.17, 15) is 34.5 Å². The molecule has 1 rings (SSSR count). The number of hydrogen-bond donors (Lipinski definition) is 3. The van der Waals surface area contributed by atoms with Gasteiger partial charge in [-0.25, -0.2) is 4.79 Å². The van der Waals surface area contributed by atoms with Gasteiger partial charge in [0.05, 0.1) is 6.61 Å². The number of carboxylic acid groups (broad SMARTS) is 1. The smallest absolute Gasteiger partial charge is 0.335 e. The van der Waals surface area contributed by atoms with Gasteiger partial charge in [0.2, 0.25) is 0 Å². The molecule has 0 radical (unpaired) electrons. The summed E-state index contributed by atoms with van der Waals surface area (Å²) in [7, 11) is 0. The Kier molecular flexibility index (Phi) is 40.1.